The van der Waals surface area contributed by atoms with Crippen LogP contribution in [0.3, 0.4) is 0 Å². The molecular weight excluding hydrogens is 367 g/mol. The van der Waals surface area contributed by atoms with Gasteiger partial charge in [-0.15, -0.1) is 0 Å². The van der Waals surface area contributed by atoms with Gasteiger partial charge in [0.2, 0.25) is 16.7 Å². The van der Waals surface area contributed by atoms with Crippen LogP contribution in [-0.4, -0.2) is 36.5 Å². The van der Waals surface area contributed by atoms with Crippen LogP contribution in [0.1, 0.15) is 15.9 Å². The summed E-state index contributed by atoms with van der Waals surface area (Å²) in [6, 6.07) is 3.82. The van der Waals surface area contributed by atoms with Gasteiger partial charge in [0.1, 0.15) is 24.8 Å². The SMILES string of the molecule is Bc1cnc2c(c1)c(C(=O)c1c(O)ccc(N[SH](=O)=O)c1F)cn2P. The van der Waals surface area contributed by atoms with Crippen molar-refractivity contribution in [1.82, 2.24) is 9.32 Å². The van der Waals surface area contributed by atoms with Crippen molar-refractivity contribution in [2.75, 3.05) is 4.72 Å². The second-order valence-electron chi connectivity index (χ2n) is 5.35. The summed E-state index contributed by atoms with van der Waals surface area (Å²) in [4.78, 5) is 17.1. The minimum absolute atomic E-state index is 0.138. The van der Waals surface area contributed by atoms with Crippen LogP contribution in [0.2, 0.25) is 0 Å². The molecule has 0 bridgehead atoms. The molecule has 1 atom stereocenters. The first kappa shape index (κ1) is 17.4. The molecule has 2 N–H and O–H groups in total. The number of phenols is 1. The Bertz CT molecular complexity index is 1090. The summed E-state index contributed by atoms with van der Waals surface area (Å²) in [5.41, 5.74) is 0.415. The molecule has 0 saturated heterocycles. The number of anilines is 1. The van der Waals surface area contributed by atoms with E-state index in [1.54, 1.807) is 20.1 Å². The zero-order valence-electron chi connectivity index (χ0n) is 12.9. The Labute approximate surface area is 146 Å². The third-order valence-electron chi connectivity index (χ3n) is 3.61. The molecular formula is C14H12BFN3O4PS. The highest BCUT2D eigenvalue weighted by Crippen LogP contribution is 2.31. The third kappa shape index (κ3) is 3.10. The summed E-state index contributed by atoms with van der Waals surface area (Å²) in [6.07, 6.45) is 3.09. The fourth-order valence-corrected chi connectivity index (χ4v) is 3.24. The summed E-state index contributed by atoms with van der Waals surface area (Å²) in [6.45, 7) is 0. The van der Waals surface area contributed by atoms with Gasteiger partial charge < -0.3 is 9.44 Å². The van der Waals surface area contributed by atoms with E-state index in [0.29, 0.717) is 11.0 Å². The van der Waals surface area contributed by atoms with E-state index < -0.39 is 39.5 Å². The first-order valence-electron chi connectivity index (χ1n) is 6.99. The molecule has 0 radical (unpaired) electrons. The molecule has 3 rings (SSSR count). The molecule has 0 fully saturated rings. The van der Waals surface area contributed by atoms with Gasteiger partial charge in [-0.2, -0.15) is 0 Å². The molecule has 0 saturated carbocycles. The third-order valence-corrected chi connectivity index (χ3v) is 4.43. The van der Waals surface area contributed by atoms with Crippen molar-refractivity contribution in [2.45, 2.75) is 0 Å². The molecule has 11 heteroatoms. The summed E-state index contributed by atoms with van der Waals surface area (Å²) < 4.78 is 39.5. The molecule has 1 unspecified atom stereocenters. The van der Waals surface area contributed by atoms with Crippen LogP contribution >= 0.6 is 9.39 Å². The van der Waals surface area contributed by atoms with Crippen molar-refractivity contribution in [3.05, 3.63) is 47.5 Å². The molecule has 2 heterocycles. The van der Waals surface area contributed by atoms with Gasteiger partial charge in [0.05, 0.1) is 11.3 Å². The number of carbonyl (C=O) groups is 1. The zero-order chi connectivity index (χ0) is 18.3. The number of ketones is 1. The standard InChI is InChI=1S/C14H12BFN3O4PS/c15-6-3-7-8(5-19(24)14(7)17-4-6)13(21)11-10(20)2-1-9(12(11)16)18-25(22)23/h1-5,20,25H,15,24H2,(H,18,22,23). The monoisotopic (exact) mass is 379 g/mol. The maximum atomic E-state index is 14.6. The Balaban J connectivity index is 2.21. The van der Waals surface area contributed by atoms with Gasteiger partial charge in [0.15, 0.2) is 5.82 Å². The molecule has 0 aliphatic rings. The predicted octanol–water partition coefficient (Wildman–Crippen LogP) is -0.0531. The Kier molecular flexibility index (Phi) is 4.49. The number of nitrogens with zero attached hydrogens (tertiary/aromatic N) is 2. The van der Waals surface area contributed by atoms with Gasteiger partial charge in [-0.1, -0.05) is 11.5 Å². The Morgan fingerprint density at radius 3 is 2.80 bits per heavy atom. The molecule has 1 aromatic carbocycles. The maximum Gasteiger partial charge on any atom is 0.222 e. The first-order valence-corrected chi connectivity index (χ1v) is 8.69. The Morgan fingerprint density at radius 1 is 1.40 bits per heavy atom. The lowest BCUT2D eigenvalue weighted by atomic mass is 9.95. The number of pyridine rings is 1. The number of benzene rings is 1. The highest BCUT2D eigenvalue weighted by Gasteiger charge is 2.25. The summed E-state index contributed by atoms with van der Waals surface area (Å²) >= 11 is 0. The quantitative estimate of drug-likeness (QED) is 0.194. The van der Waals surface area contributed by atoms with E-state index in [4.69, 9.17) is 0 Å². The molecule has 3 aromatic rings. The fraction of sp³-hybridized carbons (Fsp3) is 0. The van der Waals surface area contributed by atoms with Crippen molar-refractivity contribution in [3.8, 4) is 5.75 Å². The second-order valence-corrected chi connectivity index (χ2v) is 6.65. The topological polar surface area (TPSA) is 101 Å². The van der Waals surface area contributed by atoms with Gasteiger partial charge in [-0.3, -0.25) is 9.52 Å². The maximum absolute atomic E-state index is 14.6. The predicted molar refractivity (Wildman–Crippen MR) is 98.5 cm³/mol. The first-order chi connectivity index (χ1) is 11.8. The lowest BCUT2D eigenvalue weighted by molar-refractivity contribution is 0.103. The number of fused-ring (bicyclic) bond motifs is 1. The van der Waals surface area contributed by atoms with Gasteiger partial charge in [-0.05, 0) is 21.5 Å². The number of halogens is 1. The normalized spacial score (nSPS) is 11.2. The number of rotatable bonds is 4. The van der Waals surface area contributed by atoms with Gasteiger partial charge in [0.25, 0.3) is 0 Å². The van der Waals surface area contributed by atoms with Crippen LogP contribution < -0.4 is 10.2 Å². The summed E-state index contributed by atoms with van der Waals surface area (Å²) in [5.74, 6) is -2.51. The Hall–Kier alpha value is -2.45. The van der Waals surface area contributed by atoms with E-state index in [-0.39, 0.29) is 5.56 Å². The molecule has 2 aromatic heterocycles. The number of hydrogen-bond acceptors (Lipinski definition) is 5. The Morgan fingerprint density at radius 2 is 2.12 bits per heavy atom. The summed E-state index contributed by atoms with van der Waals surface area (Å²) in [7, 11) is 1.05. The van der Waals surface area contributed by atoms with Crippen LogP contribution in [0, 0.1) is 5.82 Å². The number of thiol groups is 1. The number of phenolic OH excluding ortho intramolecular Hbond substituents is 1. The molecule has 0 amide bonds. The molecule has 0 aliphatic heterocycles. The van der Waals surface area contributed by atoms with E-state index in [1.807, 2.05) is 4.72 Å². The molecule has 0 aliphatic carbocycles. The number of carbonyl (C=O) groups excluding carboxylic acids is 1. The van der Waals surface area contributed by atoms with Crippen LogP contribution in [0.5, 0.6) is 5.75 Å². The van der Waals surface area contributed by atoms with Gasteiger partial charge in [0, 0.05) is 17.8 Å². The van der Waals surface area contributed by atoms with Crippen LogP contribution in [0.25, 0.3) is 11.0 Å². The minimum atomic E-state index is -3.12. The van der Waals surface area contributed by atoms with Crippen molar-refractivity contribution in [3.63, 3.8) is 0 Å². The lowest BCUT2D eigenvalue weighted by Crippen LogP contribution is -2.09. The number of aromatic hydroxyl groups is 1. The van der Waals surface area contributed by atoms with E-state index in [2.05, 4.69) is 14.4 Å². The smallest absolute Gasteiger partial charge is 0.222 e. The van der Waals surface area contributed by atoms with E-state index in [1.165, 1.54) is 10.5 Å². The van der Waals surface area contributed by atoms with E-state index >= 15 is 0 Å². The van der Waals surface area contributed by atoms with Crippen LogP contribution in [0.4, 0.5) is 10.1 Å². The molecule has 128 valence electrons. The lowest BCUT2D eigenvalue weighted by Gasteiger charge is -2.08. The fourth-order valence-electron chi connectivity index (χ4n) is 2.52. The highest BCUT2D eigenvalue weighted by molar-refractivity contribution is 7.73. The van der Waals surface area contributed by atoms with E-state index in [0.717, 1.165) is 17.6 Å². The average Bonchev–Trinajstić information content (AvgIpc) is 2.86. The van der Waals surface area contributed by atoms with Crippen molar-refractivity contribution in [1.29, 1.82) is 0 Å². The van der Waals surface area contributed by atoms with Gasteiger partial charge >= 0.3 is 0 Å². The highest BCUT2D eigenvalue weighted by atomic mass is 32.2. The number of aromatic nitrogens is 2. The zero-order valence-corrected chi connectivity index (χ0v) is 14.9. The number of nitrogens with one attached hydrogen (secondary N) is 1. The van der Waals surface area contributed by atoms with Gasteiger partial charge in [-0.25, -0.2) is 17.8 Å². The van der Waals surface area contributed by atoms with Crippen molar-refractivity contribution >= 4 is 56.1 Å². The molecule has 25 heavy (non-hydrogen) atoms. The summed E-state index contributed by atoms with van der Waals surface area (Å²) in [5, 5.41) is 10.4. The van der Waals surface area contributed by atoms with Crippen LogP contribution in [-0.2, 0) is 10.9 Å². The second kappa shape index (κ2) is 6.46. The molecule has 7 nitrogen and oxygen atoms in total. The molecule has 0 spiro atoms. The minimum Gasteiger partial charge on any atom is -0.507 e. The number of hydrogen-bond donors (Lipinski definition) is 3. The van der Waals surface area contributed by atoms with E-state index in [9.17, 15) is 22.7 Å². The van der Waals surface area contributed by atoms with Crippen molar-refractivity contribution in [2.24, 2.45) is 0 Å². The largest absolute Gasteiger partial charge is 0.507 e. The van der Waals surface area contributed by atoms with Crippen LogP contribution in [0.15, 0.2) is 30.6 Å². The van der Waals surface area contributed by atoms with Crippen molar-refractivity contribution < 1.29 is 22.7 Å². The average molecular weight is 379 g/mol.